The summed E-state index contributed by atoms with van der Waals surface area (Å²) in [6, 6.07) is 9.66. The summed E-state index contributed by atoms with van der Waals surface area (Å²) in [6.45, 7) is 5.69. The quantitative estimate of drug-likeness (QED) is 0.712. The lowest BCUT2D eigenvalue weighted by molar-refractivity contribution is 0.539. The van der Waals surface area contributed by atoms with E-state index in [1.54, 1.807) is 0 Å². The fourth-order valence-electron chi connectivity index (χ4n) is 2.38. The Morgan fingerprint density at radius 2 is 1.94 bits per heavy atom. The third-order valence-electron chi connectivity index (χ3n) is 4.00. The molecule has 1 aliphatic carbocycles. The highest BCUT2D eigenvalue weighted by atomic mass is 14.9. The Balaban J connectivity index is 1.75. The largest absolute Gasteiger partial charge is 0.310 e. The minimum Gasteiger partial charge on any atom is -0.310 e. The number of benzene rings is 1. The lowest BCUT2D eigenvalue weighted by Gasteiger charge is -2.14. The first-order chi connectivity index (χ1) is 8.79. The second kappa shape index (κ2) is 6.94. The molecule has 0 aliphatic heterocycles. The molecule has 0 heterocycles. The highest BCUT2D eigenvalue weighted by Crippen LogP contribution is 2.31. The maximum Gasteiger partial charge on any atom is 0.0291 e. The minimum absolute atomic E-state index is 0.490. The highest BCUT2D eigenvalue weighted by molar-refractivity contribution is 5.24. The summed E-state index contributed by atoms with van der Waals surface area (Å²) in [7, 11) is 0. The summed E-state index contributed by atoms with van der Waals surface area (Å²) in [5, 5.41) is 3.63. The van der Waals surface area contributed by atoms with Gasteiger partial charge >= 0.3 is 0 Å². The van der Waals surface area contributed by atoms with Crippen LogP contribution in [-0.2, 0) is 6.42 Å². The molecule has 1 nitrogen and oxygen atoms in total. The molecule has 1 unspecified atom stereocenters. The zero-order valence-corrected chi connectivity index (χ0v) is 11.9. The van der Waals surface area contributed by atoms with Crippen molar-refractivity contribution >= 4 is 0 Å². The molecule has 1 atom stereocenters. The average Bonchev–Trinajstić information content (AvgIpc) is 3.21. The molecule has 1 aromatic carbocycles. The van der Waals surface area contributed by atoms with E-state index in [2.05, 4.69) is 43.4 Å². The van der Waals surface area contributed by atoms with Crippen LogP contribution < -0.4 is 5.32 Å². The predicted molar refractivity (Wildman–Crippen MR) is 78.8 cm³/mol. The molecule has 0 amide bonds. The van der Waals surface area contributed by atoms with Crippen molar-refractivity contribution in [2.24, 2.45) is 5.92 Å². The van der Waals surface area contributed by atoms with Crippen LogP contribution in [0.5, 0.6) is 0 Å². The molecule has 18 heavy (non-hydrogen) atoms. The van der Waals surface area contributed by atoms with Crippen LogP contribution in [-0.4, -0.2) is 6.54 Å². The van der Waals surface area contributed by atoms with E-state index in [1.165, 1.54) is 56.2 Å². The van der Waals surface area contributed by atoms with E-state index < -0.39 is 0 Å². The monoisotopic (exact) mass is 245 g/mol. The normalized spacial score (nSPS) is 16.8. The standard InChI is InChI=1S/C17H27N/c1-3-4-5-15-8-10-17(11-9-15)14(2)18-13-12-16-6-7-16/h8-11,14,16,18H,3-7,12-13H2,1-2H3. The number of unbranched alkanes of at least 4 members (excludes halogenated alkanes) is 1. The molecule has 1 saturated carbocycles. The summed E-state index contributed by atoms with van der Waals surface area (Å²) in [5.41, 5.74) is 2.90. The summed E-state index contributed by atoms with van der Waals surface area (Å²) in [6.07, 6.45) is 8.08. The Hall–Kier alpha value is -0.820. The van der Waals surface area contributed by atoms with Crippen molar-refractivity contribution in [1.29, 1.82) is 0 Å². The van der Waals surface area contributed by atoms with E-state index in [9.17, 15) is 0 Å². The van der Waals surface area contributed by atoms with Crippen LogP contribution in [0.15, 0.2) is 24.3 Å². The lowest BCUT2D eigenvalue weighted by Crippen LogP contribution is -2.20. The Bertz CT molecular complexity index is 337. The molecule has 1 N–H and O–H groups in total. The minimum atomic E-state index is 0.490. The second-order valence-electron chi connectivity index (χ2n) is 5.75. The Labute approximate surface area is 112 Å². The van der Waals surface area contributed by atoms with Gasteiger partial charge in [0.15, 0.2) is 0 Å². The van der Waals surface area contributed by atoms with Crippen LogP contribution in [0.1, 0.15) is 63.1 Å². The molecule has 0 radical (unpaired) electrons. The van der Waals surface area contributed by atoms with Crippen LogP contribution in [0.4, 0.5) is 0 Å². The molecule has 0 aromatic heterocycles. The Kier molecular flexibility index (Phi) is 5.25. The zero-order chi connectivity index (χ0) is 12.8. The van der Waals surface area contributed by atoms with Gasteiger partial charge in [-0.3, -0.25) is 0 Å². The van der Waals surface area contributed by atoms with E-state index in [0.717, 1.165) is 5.92 Å². The molecule has 0 saturated heterocycles. The maximum atomic E-state index is 3.63. The van der Waals surface area contributed by atoms with Crippen molar-refractivity contribution in [2.75, 3.05) is 6.54 Å². The predicted octanol–water partition coefficient (Wildman–Crippen LogP) is 4.48. The third kappa shape index (κ3) is 4.45. The number of aryl methyl sites for hydroxylation is 1. The van der Waals surface area contributed by atoms with E-state index >= 15 is 0 Å². The molecular weight excluding hydrogens is 218 g/mol. The molecule has 1 heteroatoms. The van der Waals surface area contributed by atoms with Crippen molar-refractivity contribution in [3.63, 3.8) is 0 Å². The SMILES string of the molecule is CCCCc1ccc(C(C)NCCC2CC2)cc1. The first-order valence-electron chi connectivity index (χ1n) is 7.62. The van der Waals surface area contributed by atoms with E-state index in [1.807, 2.05) is 0 Å². The van der Waals surface area contributed by atoms with Gasteiger partial charge in [0.25, 0.3) is 0 Å². The number of rotatable bonds is 8. The summed E-state index contributed by atoms with van der Waals surface area (Å²) in [4.78, 5) is 0. The summed E-state index contributed by atoms with van der Waals surface area (Å²) >= 11 is 0. The van der Waals surface area contributed by atoms with Crippen molar-refractivity contribution in [3.8, 4) is 0 Å². The molecule has 1 fully saturated rings. The van der Waals surface area contributed by atoms with Crippen LogP contribution in [0.3, 0.4) is 0 Å². The van der Waals surface area contributed by atoms with Gasteiger partial charge in [-0.05, 0) is 49.8 Å². The lowest BCUT2D eigenvalue weighted by atomic mass is 10.0. The van der Waals surface area contributed by atoms with Crippen LogP contribution >= 0.6 is 0 Å². The second-order valence-corrected chi connectivity index (χ2v) is 5.75. The molecule has 100 valence electrons. The first kappa shape index (κ1) is 13.6. The van der Waals surface area contributed by atoms with E-state index in [0.29, 0.717) is 6.04 Å². The topological polar surface area (TPSA) is 12.0 Å². The van der Waals surface area contributed by atoms with Crippen molar-refractivity contribution in [1.82, 2.24) is 5.32 Å². The first-order valence-corrected chi connectivity index (χ1v) is 7.62. The number of nitrogens with one attached hydrogen (secondary N) is 1. The van der Waals surface area contributed by atoms with Gasteiger partial charge in [0, 0.05) is 6.04 Å². The van der Waals surface area contributed by atoms with Gasteiger partial charge in [0.05, 0.1) is 0 Å². The van der Waals surface area contributed by atoms with Gasteiger partial charge in [-0.1, -0.05) is 50.5 Å². The van der Waals surface area contributed by atoms with Crippen LogP contribution in [0.25, 0.3) is 0 Å². The van der Waals surface area contributed by atoms with E-state index in [-0.39, 0.29) is 0 Å². The fraction of sp³-hybridized carbons (Fsp3) is 0.647. The van der Waals surface area contributed by atoms with Crippen molar-refractivity contribution < 1.29 is 0 Å². The number of hydrogen-bond donors (Lipinski definition) is 1. The van der Waals surface area contributed by atoms with Crippen molar-refractivity contribution in [3.05, 3.63) is 35.4 Å². The third-order valence-corrected chi connectivity index (χ3v) is 4.00. The van der Waals surface area contributed by atoms with Gasteiger partial charge in [0.1, 0.15) is 0 Å². The van der Waals surface area contributed by atoms with Gasteiger partial charge in [-0.25, -0.2) is 0 Å². The summed E-state index contributed by atoms with van der Waals surface area (Å²) in [5.74, 6) is 1.03. The maximum absolute atomic E-state index is 3.63. The fourth-order valence-corrected chi connectivity index (χ4v) is 2.38. The van der Waals surface area contributed by atoms with Crippen LogP contribution in [0.2, 0.25) is 0 Å². The highest BCUT2D eigenvalue weighted by Gasteiger charge is 2.20. The molecule has 2 rings (SSSR count). The molecular formula is C17H27N. The van der Waals surface area contributed by atoms with Crippen molar-refractivity contribution in [2.45, 2.75) is 58.4 Å². The molecule has 0 bridgehead atoms. The Morgan fingerprint density at radius 3 is 2.56 bits per heavy atom. The van der Waals surface area contributed by atoms with Crippen LogP contribution in [0, 0.1) is 5.92 Å². The molecule has 1 aromatic rings. The zero-order valence-electron chi connectivity index (χ0n) is 11.9. The molecule has 0 spiro atoms. The summed E-state index contributed by atoms with van der Waals surface area (Å²) < 4.78 is 0. The smallest absolute Gasteiger partial charge is 0.0291 e. The van der Waals surface area contributed by atoms with Gasteiger partial charge in [-0.2, -0.15) is 0 Å². The van der Waals surface area contributed by atoms with Gasteiger partial charge < -0.3 is 5.32 Å². The number of hydrogen-bond acceptors (Lipinski definition) is 1. The van der Waals surface area contributed by atoms with E-state index in [4.69, 9.17) is 0 Å². The Morgan fingerprint density at radius 1 is 1.22 bits per heavy atom. The van der Waals surface area contributed by atoms with Gasteiger partial charge in [-0.15, -0.1) is 0 Å². The molecule has 1 aliphatic rings. The average molecular weight is 245 g/mol. The van der Waals surface area contributed by atoms with Gasteiger partial charge in [0.2, 0.25) is 0 Å².